The molecule has 0 aliphatic carbocycles. The summed E-state index contributed by atoms with van der Waals surface area (Å²) in [6.07, 6.45) is 6.80. The van der Waals surface area contributed by atoms with Gasteiger partial charge in [-0.1, -0.05) is 18.2 Å². The molecule has 2 N–H and O–H groups in total. The van der Waals surface area contributed by atoms with Gasteiger partial charge in [-0.15, -0.1) is 0 Å². The zero-order chi connectivity index (χ0) is 24.9. The number of aldehydes is 2. The first-order valence-corrected chi connectivity index (χ1v) is 11.9. The van der Waals surface area contributed by atoms with Crippen molar-refractivity contribution in [3.63, 3.8) is 0 Å². The molecule has 3 aromatic rings. The van der Waals surface area contributed by atoms with Crippen molar-refractivity contribution in [2.45, 2.75) is 46.1 Å². The van der Waals surface area contributed by atoms with Crippen LogP contribution in [0, 0.1) is 12.8 Å². The zero-order valence-corrected chi connectivity index (χ0v) is 21.0. The van der Waals surface area contributed by atoms with Crippen molar-refractivity contribution in [3.8, 4) is 0 Å². The number of hydrogen-bond acceptors (Lipinski definition) is 7. The summed E-state index contributed by atoms with van der Waals surface area (Å²) in [5.41, 5.74) is 2.67. The minimum Gasteiger partial charge on any atom is -0.451 e. The van der Waals surface area contributed by atoms with Gasteiger partial charge in [-0.3, -0.25) is 4.79 Å². The Morgan fingerprint density at radius 2 is 1.79 bits per heavy atom. The van der Waals surface area contributed by atoms with E-state index in [1.807, 2.05) is 56.6 Å². The second-order valence-corrected chi connectivity index (χ2v) is 8.65. The number of furan rings is 1. The number of carbonyl (C=O) groups excluding carboxylic acids is 2. The van der Waals surface area contributed by atoms with E-state index in [9.17, 15) is 9.59 Å². The van der Waals surface area contributed by atoms with Gasteiger partial charge in [-0.2, -0.15) is 0 Å². The summed E-state index contributed by atoms with van der Waals surface area (Å²) in [5, 5.41) is 6.82. The maximum Gasteiger partial charge on any atom is 0.190 e. The summed E-state index contributed by atoms with van der Waals surface area (Å²) in [4.78, 5) is 27.5. The van der Waals surface area contributed by atoms with Gasteiger partial charge in [0.25, 0.3) is 0 Å². The smallest absolute Gasteiger partial charge is 0.190 e. The molecule has 1 aliphatic rings. The molecule has 0 bridgehead atoms. The maximum absolute atomic E-state index is 10.6. The summed E-state index contributed by atoms with van der Waals surface area (Å²) < 4.78 is 5.31. The molecule has 2 aromatic heterocycles. The number of nitrogens with zero attached hydrogens (tertiary/aromatic N) is 2. The Morgan fingerprint density at radius 3 is 2.32 bits per heavy atom. The number of aryl methyl sites for hydroxylation is 1. The standard InChI is InChI=1S/C10H9NO2.C10H19NO.C7H10N2/c1-11-10-7-4-2-3-5-8(7)13-9(10)6-12;1-9(2)11-6-3-10(4-7-11)5-8-12;1-6-3-4-7(8-2)9-5-6/h2-6,11H,1H3;8-10H,3-7H2,1-2H3;3-5H,1-2H3,(H,8,9). The number of nitrogens with one attached hydrogen (secondary N) is 2. The van der Waals surface area contributed by atoms with Crippen LogP contribution in [-0.4, -0.2) is 55.7 Å². The van der Waals surface area contributed by atoms with Gasteiger partial charge < -0.3 is 24.7 Å². The van der Waals surface area contributed by atoms with Crippen LogP contribution in [0.3, 0.4) is 0 Å². The van der Waals surface area contributed by atoms with Gasteiger partial charge in [-0.25, -0.2) is 4.98 Å². The van der Waals surface area contributed by atoms with E-state index < -0.39 is 0 Å². The third-order valence-electron chi connectivity index (χ3n) is 5.96. The minimum atomic E-state index is 0.351. The lowest BCUT2D eigenvalue weighted by Gasteiger charge is -2.33. The van der Waals surface area contributed by atoms with E-state index in [4.69, 9.17) is 4.42 Å². The quantitative estimate of drug-likeness (QED) is 0.469. The number of aromatic nitrogens is 1. The van der Waals surface area contributed by atoms with Crippen LogP contribution in [0.4, 0.5) is 11.5 Å². The van der Waals surface area contributed by atoms with Crippen molar-refractivity contribution in [1.82, 2.24) is 9.88 Å². The Bertz CT molecular complexity index is 1010. The second-order valence-electron chi connectivity index (χ2n) is 8.65. The average molecular weight is 467 g/mol. The highest BCUT2D eigenvalue weighted by atomic mass is 16.3. The summed E-state index contributed by atoms with van der Waals surface area (Å²) in [6.45, 7) is 8.85. The monoisotopic (exact) mass is 466 g/mol. The molecule has 7 heteroatoms. The molecule has 4 rings (SSSR count). The van der Waals surface area contributed by atoms with E-state index in [1.54, 1.807) is 7.05 Å². The molecule has 184 valence electrons. The first-order valence-electron chi connectivity index (χ1n) is 11.9. The molecule has 0 spiro atoms. The molecule has 3 heterocycles. The van der Waals surface area contributed by atoms with Crippen LogP contribution in [-0.2, 0) is 4.79 Å². The minimum absolute atomic E-state index is 0.351. The highest BCUT2D eigenvalue weighted by Gasteiger charge is 2.19. The van der Waals surface area contributed by atoms with Gasteiger partial charge in [0.1, 0.15) is 17.7 Å². The molecule has 0 amide bonds. The first-order chi connectivity index (χ1) is 16.4. The molecule has 1 aromatic carbocycles. The van der Waals surface area contributed by atoms with Crippen LogP contribution in [0.1, 0.15) is 49.2 Å². The van der Waals surface area contributed by atoms with Crippen molar-refractivity contribution in [2.24, 2.45) is 5.92 Å². The Morgan fingerprint density at radius 1 is 1.09 bits per heavy atom. The third-order valence-corrected chi connectivity index (χ3v) is 5.96. The molecule has 0 saturated carbocycles. The molecule has 34 heavy (non-hydrogen) atoms. The van der Waals surface area contributed by atoms with E-state index in [0.717, 1.165) is 35.2 Å². The van der Waals surface area contributed by atoms with Gasteiger partial charge in [0.05, 0.1) is 5.69 Å². The lowest BCUT2D eigenvalue weighted by Crippen LogP contribution is -2.38. The number of hydrogen-bond donors (Lipinski definition) is 2. The van der Waals surface area contributed by atoms with Crippen molar-refractivity contribution in [1.29, 1.82) is 0 Å². The SMILES string of the molecule is CC(C)N1CCC(CC=O)CC1.CNc1c(C=O)oc2ccccc12.CNc1ccc(C)cn1. The topological polar surface area (TPSA) is 87.5 Å². The third kappa shape index (κ3) is 7.99. The Kier molecular flexibility index (Phi) is 11.3. The number of fused-ring (bicyclic) bond motifs is 1. The molecular weight excluding hydrogens is 428 g/mol. The van der Waals surface area contributed by atoms with E-state index >= 15 is 0 Å². The molecule has 1 saturated heterocycles. The normalized spacial score (nSPS) is 13.9. The van der Waals surface area contributed by atoms with Crippen LogP contribution >= 0.6 is 0 Å². The fraction of sp³-hybridized carbons (Fsp3) is 0.444. The molecule has 0 atom stereocenters. The van der Waals surface area contributed by atoms with Crippen LogP contribution < -0.4 is 10.6 Å². The number of carbonyl (C=O) groups is 2. The Labute approximate surface area is 202 Å². The van der Waals surface area contributed by atoms with Crippen molar-refractivity contribution in [3.05, 3.63) is 53.9 Å². The lowest BCUT2D eigenvalue weighted by atomic mass is 9.93. The summed E-state index contributed by atoms with van der Waals surface area (Å²) >= 11 is 0. The average Bonchev–Trinajstić information content (AvgIpc) is 3.24. The Hall–Kier alpha value is -3.19. The summed E-state index contributed by atoms with van der Waals surface area (Å²) in [6, 6.07) is 12.2. The number of anilines is 2. The molecule has 1 aliphatic heterocycles. The summed E-state index contributed by atoms with van der Waals surface area (Å²) in [5.74, 6) is 1.93. The molecule has 0 radical (unpaired) electrons. The number of rotatable bonds is 6. The van der Waals surface area contributed by atoms with Crippen LogP contribution in [0.5, 0.6) is 0 Å². The predicted molar refractivity (Wildman–Crippen MR) is 140 cm³/mol. The Balaban J connectivity index is 0.000000183. The number of piperidine rings is 1. The van der Waals surface area contributed by atoms with Crippen LogP contribution in [0.25, 0.3) is 11.0 Å². The lowest BCUT2D eigenvalue weighted by molar-refractivity contribution is -0.108. The predicted octanol–water partition coefficient (Wildman–Crippen LogP) is 5.41. The number of pyridine rings is 1. The maximum atomic E-state index is 10.6. The van der Waals surface area contributed by atoms with Crippen molar-refractivity contribution >= 4 is 35.0 Å². The highest BCUT2D eigenvalue weighted by molar-refractivity contribution is 5.99. The fourth-order valence-corrected chi connectivity index (χ4v) is 3.86. The number of benzene rings is 1. The van der Waals surface area contributed by atoms with Gasteiger partial charge in [-0.05, 0) is 76.4 Å². The molecule has 7 nitrogen and oxygen atoms in total. The van der Waals surface area contributed by atoms with Crippen molar-refractivity contribution < 1.29 is 14.0 Å². The van der Waals surface area contributed by atoms with Gasteiger partial charge in [0.2, 0.25) is 0 Å². The molecular formula is C27H38N4O3. The van der Waals surface area contributed by atoms with Crippen molar-refractivity contribution in [2.75, 3.05) is 37.8 Å². The largest absolute Gasteiger partial charge is 0.451 e. The fourth-order valence-electron chi connectivity index (χ4n) is 3.86. The van der Waals surface area contributed by atoms with Gasteiger partial charge in [0.15, 0.2) is 12.0 Å². The van der Waals surface area contributed by atoms with Crippen LogP contribution in [0.2, 0.25) is 0 Å². The van der Waals surface area contributed by atoms with E-state index in [2.05, 4.69) is 34.4 Å². The van der Waals surface area contributed by atoms with Gasteiger partial charge in [0, 0.05) is 38.1 Å². The van der Waals surface area contributed by atoms with Crippen LogP contribution in [0.15, 0.2) is 47.0 Å². The van der Waals surface area contributed by atoms with E-state index in [0.29, 0.717) is 24.0 Å². The van der Waals surface area contributed by atoms with E-state index in [-0.39, 0.29) is 0 Å². The zero-order valence-electron chi connectivity index (χ0n) is 21.0. The van der Waals surface area contributed by atoms with E-state index in [1.165, 1.54) is 31.5 Å². The summed E-state index contributed by atoms with van der Waals surface area (Å²) in [7, 11) is 3.63. The number of para-hydroxylation sites is 1. The molecule has 1 fully saturated rings. The first kappa shape index (κ1) is 27.1. The molecule has 0 unspecified atom stereocenters. The second kappa shape index (κ2) is 14.2. The van der Waals surface area contributed by atoms with Gasteiger partial charge >= 0.3 is 0 Å². The number of likely N-dealkylation sites (tertiary alicyclic amines) is 1. The highest BCUT2D eigenvalue weighted by Crippen LogP contribution is 2.28.